The third kappa shape index (κ3) is 11.9. The SMILES string of the molecule is CCN(CC)CCCC(C)N(C(=O)S(=S)CCCCCC(=O)NC(P(=O)(O)O)P(=O)(O)O)c1ccnc2cc(Cl)ccc12. The lowest BCUT2D eigenvalue weighted by atomic mass is 10.1. The van der Waals surface area contributed by atoms with Gasteiger partial charge in [0.2, 0.25) is 11.4 Å². The number of hydrogen-bond acceptors (Lipinski definition) is 7. The average molecular weight is 699 g/mol. The van der Waals surface area contributed by atoms with Gasteiger partial charge in [-0.2, -0.15) is 0 Å². The summed E-state index contributed by atoms with van der Waals surface area (Å²) in [5, 5.41) is 2.89. The van der Waals surface area contributed by atoms with Gasteiger partial charge >= 0.3 is 15.2 Å². The molecule has 0 bridgehead atoms. The van der Waals surface area contributed by atoms with Crippen molar-refractivity contribution in [2.24, 2.45) is 0 Å². The molecule has 1 heterocycles. The van der Waals surface area contributed by atoms with Crippen molar-refractivity contribution in [2.75, 3.05) is 30.3 Å². The van der Waals surface area contributed by atoms with Gasteiger partial charge in [0.1, 0.15) is 0 Å². The Morgan fingerprint density at radius 3 is 2.30 bits per heavy atom. The molecule has 0 spiro atoms. The molecule has 43 heavy (non-hydrogen) atoms. The number of benzene rings is 1. The summed E-state index contributed by atoms with van der Waals surface area (Å²) < 4.78 is 22.7. The minimum atomic E-state index is -5.26. The number of fused-ring (bicyclic) bond motifs is 1. The molecule has 0 aliphatic rings. The largest absolute Gasteiger partial charge is 0.360 e. The van der Waals surface area contributed by atoms with E-state index in [1.807, 2.05) is 19.1 Å². The molecule has 2 unspecified atom stereocenters. The van der Waals surface area contributed by atoms with Gasteiger partial charge in [-0.1, -0.05) is 31.9 Å². The fourth-order valence-corrected chi connectivity index (χ4v) is 8.68. The van der Waals surface area contributed by atoms with Crippen LogP contribution in [-0.4, -0.2) is 77.6 Å². The maximum atomic E-state index is 13.9. The van der Waals surface area contributed by atoms with E-state index in [4.69, 9.17) is 42.4 Å². The molecule has 0 saturated heterocycles. The molecule has 0 fully saturated rings. The highest BCUT2D eigenvalue weighted by Gasteiger charge is 2.44. The normalized spacial score (nSPS) is 13.8. The maximum Gasteiger partial charge on any atom is 0.360 e. The Morgan fingerprint density at radius 1 is 1.05 bits per heavy atom. The Labute approximate surface area is 264 Å². The smallest absolute Gasteiger partial charge is 0.332 e. The van der Waals surface area contributed by atoms with Crippen molar-refractivity contribution in [1.29, 1.82) is 0 Å². The lowest BCUT2D eigenvalue weighted by Gasteiger charge is -2.31. The van der Waals surface area contributed by atoms with Gasteiger partial charge in [0.15, 0.2) is 0 Å². The zero-order chi connectivity index (χ0) is 32.4. The summed E-state index contributed by atoms with van der Waals surface area (Å²) in [6.07, 6.45) is 4.40. The van der Waals surface area contributed by atoms with Gasteiger partial charge in [-0.15, -0.1) is 0 Å². The topological polar surface area (TPSA) is 181 Å². The van der Waals surface area contributed by atoms with Gasteiger partial charge in [0.05, 0.1) is 11.2 Å². The van der Waals surface area contributed by atoms with Crippen LogP contribution in [0.3, 0.4) is 0 Å². The van der Waals surface area contributed by atoms with Gasteiger partial charge < -0.3 is 29.8 Å². The minimum Gasteiger partial charge on any atom is -0.332 e. The van der Waals surface area contributed by atoms with Gasteiger partial charge in [-0.25, -0.2) is 0 Å². The van der Waals surface area contributed by atoms with E-state index in [0.717, 1.165) is 37.9 Å². The Hall–Kier alpha value is -1.31. The second kappa shape index (κ2) is 17.4. The zero-order valence-electron chi connectivity index (χ0n) is 24.5. The molecule has 12 nitrogen and oxygen atoms in total. The number of halogens is 1. The molecule has 0 aliphatic heterocycles. The number of nitrogens with zero attached hydrogens (tertiary/aromatic N) is 3. The molecule has 2 aromatic rings. The number of carbonyl (C=O) groups is 2. The van der Waals surface area contributed by atoms with E-state index >= 15 is 0 Å². The zero-order valence-corrected chi connectivity index (χ0v) is 28.6. The highest BCUT2D eigenvalue weighted by Crippen LogP contribution is 2.58. The first-order valence-electron chi connectivity index (χ1n) is 14.0. The summed E-state index contributed by atoms with van der Waals surface area (Å²) in [6.45, 7) is 9.07. The number of anilines is 1. The molecule has 2 rings (SSSR count). The van der Waals surface area contributed by atoms with E-state index in [1.165, 1.54) is 0 Å². The van der Waals surface area contributed by atoms with E-state index in [-0.39, 0.29) is 24.1 Å². The van der Waals surface area contributed by atoms with Gasteiger partial charge in [0, 0.05) is 34.8 Å². The predicted molar refractivity (Wildman–Crippen MR) is 175 cm³/mol. The van der Waals surface area contributed by atoms with E-state index in [1.54, 1.807) is 28.5 Å². The van der Waals surface area contributed by atoms with Crippen LogP contribution in [0.25, 0.3) is 10.9 Å². The van der Waals surface area contributed by atoms with Crippen molar-refractivity contribution in [3.63, 3.8) is 0 Å². The highest BCUT2D eigenvalue weighted by molar-refractivity contribution is 8.37. The molecule has 5 N–H and O–H groups in total. The van der Waals surface area contributed by atoms with Crippen molar-refractivity contribution in [1.82, 2.24) is 15.2 Å². The van der Waals surface area contributed by atoms with Crippen LogP contribution in [0.4, 0.5) is 10.5 Å². The van der Waals surface area contributed by atoms with Crippen LogP contribution in [0, 0.1) is 0 Å². The van der Waals surface area contributed by atoms with Crippen LogP contribution >= 0.6 is 26.8 Å². The number of pyridine rings is 1. The predicted octanol–water partition coefficient (Wildman–Crippen LogP) is 4.72. The molecule has 17 heteroatoms. The number of aromatic nitrogens is 1. The fourth-order valence-electron chi connectivity index (χ4n) is 4.58. The molecule has 1 aromatic carbocycles. The highest BCUT2D eigenvalue weighted by atomic mass is 35.5. The number of rotatable bonds is 17. The Bertz CT molecular complexity index is 1350. The number of hydrogen-bond donors (Lipinski definition) is 5. The standard InChI is InChI=1S/C26H41ClN4O8P2S2/c1-4-30(5-2)16-9-10-19(3)31(23-14-15-28-22-18-20(27)12-13-21(22)23)26(33)43(42)17-8-6-7-11-24(32)29-25(40(34,35)36)41(37,38)39/h12-15,18-19,25H,4-11,16-17H2,1-3H3,(H,29,32)(H2,34,35,36)(H2,37,38,39). The molecule has 2 amide bonds. The fraction of sp³-hybridized carbons (Fsp3) is 0.577. The average Bonchev–Trinajstić information content (AvgIpc) is 2.92. The van der Waals surface area contributed by atoms with Crippen molar-refractivity contribution in [2.45, 2.75) is 70.9 Å². The summed E-state index contributed by atoms with van der Waals surface area (Å²) in [6, 6.07) is 7.03. The van der Waals surface area contributed by atoms with Crippen LogP contribution in [-0.2, 0) is 34.6 Å². The summed E-state index contributed by atoms with van der Waals surface area (Å²) >= 11 is 11.9. The molecule has 2 atom stereocenters. The number of nitrogens with one attached hydrogen (secondary N) is 1. The number of carbonyl (C=O) groups excluding carboxylic acids is 2. The lowest BCUT2D eigenvalue weighted by Crippen LogP contribution is -2.41. The molecule has 0 aliphatic carbocycles. The number of unbranched alkanes of at least 4 members (excludes halogenated alkanes) is 2. The van der Waals surface area contributed by atoms with Crippen LogP contribution in [0.1, 0.15) is 59.3 Å². The molecule has 242 valence electrons. The van der Waals surface area contributed by atoms with Crippen molar-refractivity contribution in [3.8, 4) is 0 Å². The maximum absolute atomic E-state index is 13.9. The van der Waals surface area contributed by atoms with E-state index in [2.05, 4.69) is 23.7 Å². The Morgan fingerprint density at radius 2 is 1.70 bits per heavy atom. The van der Waals surface area contributed by atoms with Crippen molar-refractivity contribution in [3.05, 3.63) is 35.5 Å². The van der Waals surface area contributed by atoms with Crippen LogP contribution < -0.4 is 10.2 Å². The monoisotopic (exact) mass is 698 g/mol. The van der Waals surface area contributed by atoms with Gasteiger partial charge in [-0.3, -0.25) is 28.6 Å². The summed E-state index contributed by atoms with van der Waals surface area (Å²) in [4.78, 5) is 71.1. The van der Waals surface area contributed by atoms with Gasteiger partial charge in [0.25, 0.3) is 5.24 Å². The second-order valence-corrected chi connectivity index (χ2v) is 17.0. The van der Waals surface area contributed by atoms with Crippen molar-refractivity contribution >= 4 is 75.2 Å². The minimum absolute atomic E-state index is 0.137. The summed E-state index contributed by atoms with van der Waals surface area (Å²) in [5.74, 6) is -0.500. The van der Waals surface area contributed by atoms with Crippen LogP contribution in [0.2, 0.25) is 5.02 Å². The first-order chi connectivity index (χ1) is 20.1. The third-order valence-electron chi connectivity index (χ3n) is 6.93. The quantitative estimate of drug-likeness (QED) is 0.114. The van der Waals surface area contributed by atoms with Crippen molar-refractivity contribution < 1.29 is 38.3 Å². The van der Waals surface area contributed by atoms with E-state index in [0.29, 0.717) is 34.8 Å². The van der Waals surface area contributed by atoms with E-state index < -0.39 is 36.1 Å². The lowest BCUT2D eigenvalue weighted by molar-refractivity contribution is -0.121. The van der Waals surface area contributed by atoms with Crippen LogP contribution in [0.5, 0.6) is 0 Å². The molecular weight excluding hydrogens is 658 g/mol. The molecule has 0 saturated carbocycles. The molecule has 1 aromatic heterocycles. The Balaban J connectivity index is 2.08. The Kier molecular flexibility index (Phi) is 15.3. The molecule has 0 radical (unpaired) electrons. The van der Waals surface area contributed by atoms with Crippen LogP contribution in [0.15, 0.2) is 30.5 Å². The third-order valence-corrected chi connectivity index (χ3v) is 12.7. The first-order valence-corrected chi connectivity index (χ1v) is 20.0. The second-order valence-electron chi connectivity index (χ2n) is 10.1. The first kappa shape index (κ1) is 37.9. The summed E-state index contributed by atoms with van der Waals surface area (Å²) in [5.41, 5.74) is -1.20. The molecular formula is C26H41ClN4O8P2S2. The summed E-state index contributed by atoms with van der Waals surface area (Å²) in [7, 11) is -11.6. The van der Waals surface area contributed by atoms with Gasteiger partial charge in [-0.05, 0) is 97.1 Å². The number of amides is 2. The van der Waals surface area contributed by atoms with E-state index in [9.17, 15) is 18.7 Å².